The first kappa shape index (κ1) is 18.3. The summed E-state index contributed by atoms with van der Waals surface area (Å²) in [4.78, 5) is 36.4. The maximum Gasteiger partial charge on any atom is 0.264 e. The third kappa shape index (κ3) is 3.05. The van der Waals surface area contributed by atoms with E-state index in [1.807, 2.05) is 0 Å². The summed E-state index contributed by atoms with van der Waals surface area (Å²) in [5.74, 6) is -10.7. The summed E-state index contributed by atoms with van der Waals surface area (Å²) in [5.41, 5.74) is -2.26. The van der Waals surface area contributed by atoms with Crippen LogP contribution in [0.1, 0.15) is 33.6 Å². The van der Waals surface area contributed by atoms with E-state index in [-0.39, 0.29) is 31.3 Å². The lowest BCUT2D eigenvalue weighted by atomic mass is 10.0. The number of nitrogens with zero attached hydrogens (tertiary/aromatic N) is 1. The van der Waals surface area contributed by atoms with Gasteiger partial charge >= 0.3 is 0 Å². The molecule has 0 aliphatic carbocycles. The molecule has 1 unspecified atom stereocenters. The molecule has 140 valence electrons. The topological polar surface area (TPSA) is 78.5 Å². The fraction of sp³-hybridized carbons (Fsp3) is 0.438. The van der Waals surface area contributed by atoms with Gasteiger partial charge in [-0.1, -0.05) is 0 Å². The van der Waals surface area contributed by atoms with Gasteiger partial charge in [0.1, 0.15) is 0 Å². The summed E-state index contributed by atoms with van der Waals surface area (Å²) >= 11 is 0. The van der Waals surface area contributed by atoms with Crippen molar-refractivity contribution in [1.82, 2.24) is 15.5 Å². The molecule has 6 nitrogen and oxygen atoms in total. The zero-order chi connectivity index (χ0) is 19.0. The number of amides is 3. The van der Waals surface area contributed by atoms with Crippen molar-refractivity contribution in [2.75, 3.05) is 26.2 Å². The molecule has 3 rings (SSSR count). The third-order valence-corrected chi connectivity index (χ3v) is 4.48. The second-order valence-electron chi connectivity index (χ2n) is 6.18. The SMILES string of the molecule is O=C(CC1CCNC1)NCCN1C(=O)c2c(F)c(F)c(F)c(F)c2C1=O. The average Bonchev–Trinajstić information content (AvgIpc) is 3.19. The Balaban J connectivity index is 1.66. The first-order valence-corrected chi connectivity index (χ1v) is 8.02. The number of benzene rings is 1. The molecule has 26 heavy (non-hydrogen) atoms. The second kappa shape index (κ2) is 7.02. The van der Waals surface area contributed by atoms with Gasteiger partial charge in [-0.15, -0.1) is 0 Å². The van der Waals surface area contributed by atoms with Crippen LogP contribution in [0.5, 0.6) is 0 Å². The number of carbonyl (C=O) groups is 3. The third-order valence-electron chi connectivity index (χ3n) is 4.48. The van der Waals surface area contributed by atoms with Crippen molar-refractivity contribution in [3.63, 3.8) is 0 Å². The molecule has 0 aromatic heterocycles. The monoisotopic (exact) mass is 373 g/mol. The lowest BCUT2D eigenvalue weighted by molar-refractivity contribution is -0.121. The van der Waals surface area contributed by atoms with Gasteiger partial charge < -0.3 is 10.6 Å². The first-order valence-electron chi connectivity index (χ1n) is 8.02. The molecule has 10 heteroatoms. The Bertz CT molecular complexity index is 747. The van der Waals surface area contributed by atoms with Crippen molar-refractivity contribution < 1.29 is 31.9 Å². The van der Waals surface area contributed by atoms with Gasteiger partial charge in [-0.2, -0.15) is 0 Å². The highest BCUT2D eigenvalue weighted by Crippen LogP contribution is 2.31. The van der Waals surface area contributed by atoms with Crippen LogP contribution in [-0.2, 0) is 4.79 Å². The molecule has 1 atom stereocenters. The van der Waals surface area contributed by atoms with Gasteiger partial charge in [0.2, 0.25) is 5.91 Å². The predicted octanol–water partition coefficient (Wildman–Crippen LogP) is 0.955. The number of rotatable bonds is 5. The number of carbonyl (C=O) groups excluding carboxylic acids is 3. The second-order valence-corrected chi connectivity index (χ2v) is 6.18. The number of hydrogen-bond acceptors (Lipinski definition) is 4. The predicted molar refractivity (Wildman–Crippen MR) is 80.2 cm³/mol. The van der Waals surface area contributed by atoms with Crippen LogP contribution in [0, 0.1) is 29.2 Å². The Morgan fingerprint density at radius 2 is 1.62 bits per heavy atom. The van der Waals surface area contributed by atoms with E-state index in [9.17, 15) is 31.9 Å². The van der Waals surface area contributed by atoms with Crippen molar-refractivity contribution in [2.24, 2.45) is 5.92 Å². The molecule has 2 N–H and O–H groups in total. The number of fused-ring (bicyclic) bond motifs is 1. The molecule has 0 bridgehead atoms. The van der Waals surface area contributed by atoms with E-state index in [1.54, 1.807) is 0 Å². The molecule has 0 spiro atoms. The van der Waals surface area contributed by atoms with Crippen molar-refractivity contribution in [3.05, 3.63) is 34.4 Å². The number of imide groups is 1. The van der Waals surface area contributed by atoms with Crippen molar-refractivity contribution in [1.29, 1.82) is 0 Å². The van der Waals surface area contributed by atoms with Crippen LogP contribution in [0.15, 0.2) is 0 Å². The smallest absolute Gasteiger partial charge is 0.264 e. The molecule has 2 aliphatic heterocycles. The van der Waals surface area contributed by atoms with E-state index in [4.69, 9.17) is 0 Å². The van der Waals surface area contributed by atoms with Gasteiger partial charge in [-0.3, -0.25) is 19.3 Å². The van der Waals surface area contributed by atoms with Gasteiger partial charge in [-0.25, -0.2) is 17.6 Å². The summed E-state index contributed by atoms with van der Waals surface area (Å²) < 4.78 is 54.1. The van der Waals surface area contributed by atoms with E-state index >= 15 is 0 Å². The molecule has 1 fully saturated rings. The molecule has 0 saturated carbocycles. The molecule has 1 aromatic carbocycles. The summed E-state index contributed by atoms with van der Waals surface area (Å²) in [6.07, 6.45) is 1.14. The molecular formula is C16H15F4N3O3. The van der Waals surface area contributed by atoms with E-state index in [2.05, 4.69) is 10.6 Å². The Labute approximate surface area is 145 Å². The Morgan fingerprint density at radius 1 is 1.04 bits per heavy atom. The zero-order valence-corrected chi connectivity index (χ0v) is 13.5. The van der Waals surface area contributed by atoms with Gasteiger partial charge in [0.25, 0.3) is 11.8 Å². The van der Waals surface area contributed by atoms with Crippen LogP contribution in [0.4, 0.5) is 17.6 Å². The minimum Gasteiger partial charge on any atom is -0.354 e. The lowest BCUT2D eigenvalue weighted by Crippen LogP contribution is -2.38. The molecular weight excluding hydrogens is 358 g/mol. The van der Waals surface area contributed by atoms with Gasteiger partial charge in [0, 0.05) is 19.5 Å². The van der Waals surface area contributed by atoms with E-state index in [0.29, 0.717) is 4.90 Å². The van der Waals surface area contributed by atoms with Crippen LogP contribution in [0.3, 0.4) is 0 Å². The minimum absolute atomic E-state index is 0.140. The lowest BCUT2D eigenvalue weighted by Gasteiger charge is -2.15. The van der Waals surface area contributed by atoms with Gasteiger partial charge in [-0.05, 0) is 25.4 Å². The molecule has 1 saturated heterocycles. The highest BCUT2D eigenvalue weighted by Gasteiger charge is 2.43. The van der Waals surface area contributed by atoms with Crippen molar-refractivity contribution >= 4 is 17.7 Å². The molecule has 1 aromatic rings. The highest BCUT2D eigenvalue weighted by atomic mass is 19.2. The number of hydrogen-bond donors (Lipinski definition) is 2. The maximum absolute atomic E-state index is 13.8. The van der Waals surface area contributed by atoms with E-state index < -0.39 is 46.2 Å². The van der Waals surface area contributed by atoms with Gasteiger partial charge in [0.15, 0.2) is 23.3 Å². The summed E-state index contributed by atoms with van der Waals surface area (Å²) in [7, 11) is 0. The van der Waals surface area contributed by atoms with Crippen molar-refractivity contribution in [3.8, 4) is 0 Å². The minimum atomic E-state index is -2.15. The summed E-state index contributed by atoms with van der Waals surface area (Å²) in [6.45, 7) is 1.04. The van der Waals surface area contributed by atoms with Crippen LogP contribution in [0.25, 0.3) is 0 Å². The molecule has 2 heterocycles. The summed E-state index contributed by atoms with van der Waals surface area (Å²) in [6, 6.07) is 0. The van der Waals surface area contributed by atoms with Crippen LogP contribution in [0.2, 0.25) is 0 Å². The molecule has 0 radical (unpaired) electrons. The average molecular weight is 373 g/mol. The van der Waals surface area contributed by atoms with Crippen molar-refractivity contribution in [2.45, 2.75) is 12.8 Å². The zero-order valence-electron chi connectivity index (χ0n) is 13.5. The Hall–Kier alpha value is -2.49. The molecule has 2 aliphatic rings. The number of nitrogens with one attached hydrogen (secondary N) is 2. The van der Waals surface area contributed by atoms with Crippen LogP contribution >= 0.6 is 0 Å². The number of halogens is 4. The quantitative estimate of drug-likeness (QED) is 0.349. The largest absolute Gasteiger partial charge is 0.354 e. The van der Waals surface area contributed by atoms with E-state index in [0.717, 1.165) is 19.5 Å². The normalized spacial score (nSPS) is 19.2. The summed E-state index contributed by atoms with van der Waals surface area (Å²) in [5, 5.41) is 5.62. The van der Waals surface area contributed by atoms with Crippen LogP contribution in [-0.4, -0.2) is 48.8 Å². The van der Waals surface area contributed by atoms with Gasteiger partial charge in [0.05, 0.1) is 11.1 Å². The highest BCUT2D eigenvalue weighted by molar-refractivity contribution is 6.21. The fourth-order valence-electron chi connectivity index (χ4n) is 3.13. The maximum atomic E-state index is 13.8. The standard InChI is InChI=1S/C16H15F4N3O3/c17-11-9-10(12(18)14(20)13(11)19)16(26)23(15(9)25)4-3-22-8(24)5-7-1-2-21-6-7/h7,21H,1-6H2,(H,22,24). The van der Waals surface area contributed by atoms with E-state index in [1.165, 1.54) is 0 Å². The molecule has 3 amide bonds. The Kier molecular flexibility index (Phi) is 4.94. The fourth-order valence-corrected chi connectivity index (χ4v) is 3.13. The van der Waals surface area contributed by atoms with Crippen LogP contribution < -0.4 is 10.6 Å². The Morgan fingerprint density at radius 3 is 2.12 bits per heavy atom. The first-order chi connectivity index (χ1) is 12.3.